The summed E-state index contributed by atoms with van der Waals surface area (Å²) in [6.45, 7) is 0. The summed E-state index contributed by atoms with van der Waals surface area (Å²) in [6.07, 6.45) is 2.09. The van der Waals surface area contributed by atoms with Crippen molar-refractivity contribution in [3.63, 3.8) is 0 Å². The summed E-state index contributed by atoms with van der Waals surface area (Å²) >= 11 is 0. The Kier molecular flexibility index (Phi) is 6.66. The molecule has 0 spiro atoms. The van der Waals surface area contributed by atoms with Crippen LogP contribution in [0.3, 0.4) is 0 Å². The lowest BCUT2D eigenvalue weighted by Gasteiger charge is -2.25. The monoisotopic (exact) mass is 423 g/mol. The third kappa shape index (κ3) is 5.69. The van der Waals surface area contributed by atoms with E-state index in [1.54, 1.807) is 36.4 Å². The van der Waals surface area contributed by atoms with Crippen molar-refractivity contribution in [3.05, 3.63) is 72.4 Å². The second-order valence-corrected chi connectivity index (χ2v) is 6.86. The molecule has 0 saturated carbocycles. The Labute approximate surface area is 178 Å². The third-order valence-corrected chi connectivity index (χ3v) is 4.54. The predicted octanol–water partition coefficient (Wildman–Crippen LogP) is 2.22. The fourth-order valence-corrected chi connectivity index (χ4v) is 2.99. The van der Waals surface area contributed by atoms with Crippen molar-refractivity contribution in [1.29, 1.82) is 0 Å². The van der Waals surface area contributed by atoms with Crippen LogP contribution in [0.4, 0.5) is 4.79 Å². The average molecular weight is 423 g/mol. The van der Waals surface area contributed by atoms with Crippen molar-refractivity contribution < 1.29 is 29.0 Å². The van der Waals surface area contributed by atoms with Gasteiger partial charge in [0.1, 0.15) is 11.5 Å². The van der Waals surface area contributed by atoms with E-state index in [-0.39, 0.29) is 0 Å². The van der Waals surface area contributed by atoms with Crippen LogP contribution in [0.15, 0.2) is 66.9 Å². The van der Waals surface area contributed by atoms with Crippen molar-refractivity contribution in [2.45, 2.75) is 18.5 Å². The van der Waals surface area contributed by atoms with E-state index in [9.17, 15) is 24.3 Å². The number of carbonyl (C=O) groups excluding carboxylic acids is 3. The zero-order chi connectivity index (χ0) is 22.4. The largest absolute Gasteiger partial charge is 0.481 e. The molecule has 2 aromatic carbocycles. The van der Waals surface area contributed by atoms with E-state index in [4.69, 9.17) is 4.74 Å². The highest BCUT2D eigenvalue weighted by Gasteiger charge is 2.32. The van der Waals surface area contributed by atoms with Crippen LogP contribution in [0.1, 0.15) is 18.0 Å². The molecule has 160 valence electrons. The lowest BCUT2D eigenvalue weighted by molar-refractivity contribution is -0.138. The number of para-hydroxylation sites is 1. The molecule has 0 radical (unpaired) electrons. The molecule has 0 aromatic heterocycles. The number of likely N-dealkylation sites (N-methyl/N-ethyl adjacent to an activating group) is 1. The molecule has 2 aromatic rings. The fraction of sp³-hybridized carbons (Fsp3) is 0.182. The molecule has 0 saturated heterocycles. The van der Waals surface area contributed by atoms with E-state index in [1.807, 2.05) is 18.2 Å². The number of amides is 3. The molecule has 1 aliphatic rings. The van der Waals surface area contributed by atoms with Crippen molar-refractivity contribution in [2.75, 3.05) is 7.05 Å². The van der Waals surface area contributed by atoms with Gasteiger partial charge in [-0.05, 0) is 29.8 Å². The van der Waals surface area contributed by atoms with E-state index in [2.05, 4.69) is 10.6 Å². The Morgan fingerprint density at radius 2 is 1.81 bits per heavy atom. The molecule has 0 aliphatic carbocycles. The minimum absolute atomic E-state index is 0.408. The van der Waals surface area contributed by atoms with Crippen LogP contribution < -0.4 is 15.4 Å². The normalized spacial score (nSPS) is 16.5. The van der Waals surface area contributed by atoms with Crippen molar-refractivity contribution in [2.24, 2.45) is 0 Å². The number of carboxylic acid groups (broad SMARTS) is 1. The quantitative estimate of drug-likeness (QED) is 0.587. The molecule has 9 heteroatoms. The Morgan fingerprint density at radius 3 is 2.52 bits per heavy atom. The van der Waals surface area contributed by atoms with E-state index in [1.165, 1.54) is 24.2 Å². The fourth-order valence-electron chi connectivity index (χ4n) is 2.99. The maximum absolute atomic E-state index is 12.5. The van der Waals surface area contributed by atoms with Gasteiger partial charge in [0.2, 0.25) is 0 Å². The maximum Gasteiger partial charge on any atom is 0.316 e. The van der Waals surface area contributed by atoms with Crippen molar-refractivity contribution >= 4 is 23.7 Å². The van der Waals surface area contributed by atoms with Gasteiger partial charge in [-0.2, -0.15) is 0 Å². The molecule has 9 nitrogen and oxygen atoms in total. The highest BCUT2D eigenvalue weighted by molar-refractivity contribution is 6.14. The number of hydrogen-bond acceptors (Lipinski definition) is 5. The van der Waals surface area contributed by atoms with Crippen LogP contribution in [0.2, 0.25) is 0 Å². The molecule has 1 heterocycles. The lowest BCUT2D eigenvalue weighted by Crippen LogP contribution is -2.55. The Morgan fingerprint density at radius 1 is 1.10 bits per heavy atom. The standard InChI is InChI=1S/C22H21N3O6/c1-25-11-10-18(26)20(21(25)29)24-22(30)23-17(13-19(27)28)14-6-5-9-16(12-14)31-15-7-3-2-4-8-15/h2-12,17,20H,13H2,1H3,(H,27,28)(H2,23,24,30)/t17-,20?/m0/s1. The maximum atomic E-state index is 12.5. The van der Waals surface area contributed by atoms with Crippen LogP contribution in [0.25, 0.3) is 0 Å². The van der Waals surface area contributed by atoms with Crippen LogP contribution in [0, 0.1) is 0 Å². The first-order chi connectivity index (χ1) is 14.8. The van der Waals surface area contributed by atoms with E-state index < -0.39 is 42.2 Å². The number of benzene rings is 2. The number of aliphatic carboxylic acids is 1. The Bertz CT molecular complexity index is 1020. The predicted molar refractivity (Wildman–Crippen MR) is 110 cm³/mol. The number of urea groups is 1. The molecule has 3 rings (SSSR count). The minimum atomic E-state index is -1.37. The molecule has 31 heavy (non-hydrogen) atoms. The molecule has 1 unspecified atom stereocenters. The van der Waals surface area contributed by atoms with Gasteiger partial charge in [0, 0.05) is 19.3 Å². The van der Waals surface area contributed by atoms with Gasteiger partial charge in [0.15, 0.2) is 11.8 Å². The highest BCUT2D eigenvalue weighted by atomic mass is 16.5. The first kappa shape index (κ1) is 21.6. The van der Waals surface area contributed by atoms with Gasteiger partial charge in [0.25, 0.3) is 5.91 Å². The summed E-state index contributed by atoms with van der Waals surface area (Å²) in [5.41, 5.74) is 0.490. The van der Waals surface area contributed by atoms with Gasteiger partial charge in [-0.3, -0.25) is 14.4 Å². The van der Waals surface area contributed by atoms with Gasteiger partial charge in [0.05, 0.1) is 12.5 Å². The second-order valence-electron chi connectivity index (χ2n) is 6.86. The van der Waals surface area contributed by atoms with E-state index >= 15 is 0 Å². The number of nitrogens with one attached hydrogen (secondary N) is 2. The molecule has 0 bridgehead atoms. The number of ether oxygens (including phenoxy) is 1. The topological polar surface area (TPSA) is 125 Å². The van der Waals surface area contributed by atoms with Crippen LogP contribution in [-0.2, 0) is 14.4 Å². The van der Waals surface area contributed by atoms with Crippen molar-refractivity contribution in [1.82, 2.24) is 15.5 Å². The zero-order valence-electron chi connectivity index (χ0n) is 16.6. The number of carboxylic acids is 1. The van der Waals surface area contributed by atoms with Crippen LogP contribution >= 0.6 is 0 Å². The summed E-state index contributed by atoms with van der Waals surface area (Å²) in [6, 6.07) is 12.6. The summed E-state index contributed by atoms with van der Waals surface area (Å²) in [5.74, 6) is -1.22. The van der Waals surface area contributed by atoms with E-state index in [0.717, 1.165) is 0 Å². The number of ketones is 1. The van der Waals surface area contributed by atoms with Gasteiger partial charge in [-0.1, -0.05) is 30.3 Å². The highest BCUT2D eigenvalue weighted by Crippen LogP contribution is 2.26. The van der Waals surface area contributed by atoms with Gasteiger partial charge in [-0.25, -0.2) is 4.79 Å². The molecular weight excluding hydrogens is 402 g/mol. The molecule has 0 fully saturated rings. The first-order valence-electron chi connectivity index (χ1n) is 9.44. The Balaban J connectivity index is 1.74. The summed E-state index contributed by atoms with van der Waals surface area (Å²) in [7, 11) is 1.46. The first-order valence-corrected chi connectivity index (χ1v) is 9.44. The van der Waals surface area contributed by atoms with Crippen LogP contribution in [-0.4, -0.2) is 46.8 Å². The molecule has 2 atom stereocenters. The Hall–Kier alpha value is -4.14. The molecule has 3 N–H and O–H groups in total. The van der Waals surface area contributed by atoms with Gasteiger partial charge < -0.3 is 25.4 Å². The van der Waals surface area contributed by atoms with E-state index in [0.29, 0.717) is 17.1 Å². The molecule has 1 aliphatic heterocycles. The molecule has 3 amide bonds. The number of carbonyl (C=O) groups is 4. The van der Waals surface area contributed by atoms with Crippen molar-refractivity contribution in [3.8, 4) is 11.5 Å². The lowest BCUT2D eigenvalue weighted by atomic mass is 10.0. The summed E-state index contributed by atoms with van der Waals surface area (Å²) in [5, 5.41) is 14.1. The average Bonchev–Trinajstić information content (AvgIpc) is 2.74. The second kappa shape index (κ2) is 9.57. The smallest absolute Gasteiger partial charge is 0.316 e. The number of nitrogens with zero attached hydrogens (tertiary/aromatic N) is 1. The third-order valence-electron chi connectivity index (χ3n) is 4.54. The molecular formula is C22H21N3O6. The minimum Gasteiger partial charge on any atom is -0.481 e. The summed E-state index contributed by atoms with van der Waals surface area (Å²) in [4.78, 5) is 49.1. The number of rotatable bonds is 7. The number of hydrogen-bond donors (Lipinski definition) is 3. The summed E-state index contributed by atoms with van der Waals surface area (Å²) < 4.78 is 5.76. The van der Waals surface area contributed by atoms with Gasteiger partial charge >= 0.3 is 12.0 Å². The SMILES string of the molecule is CN1C=CC(=O)C(NC(=O)N[C@@H](CC(=O)O)c2cccc(Oc3ccccc3)c2)C1=O. The van der Waals surface area contributed by atoms with Gasteiger partial charge in [-0.15, -0.1) is 0 Å². The van der Waals surface area contributed by atoms with Crippen LogP contribution in [0.5, 0.6) is 11.5 Å². The zero-order valence-corrected chi connectivity index (χ0v) is 16.6.